The lowest BCUT2D eigenvalue weighted by Gasteiger charge is -2.14. The molecule has 2 N–H and O–H groups in total. The normalized spacial score (nSPS) is 15.4. The van der Waals surface area contributed by atoms with Gasteiger partial charge in [0.2, 0.25) is 0 Å². The number of nitrogens with one attached hydrogen (secondary N) is 2. The molecule has 0 unspecified atom stereocenters. The predicted molar refractivity (Wildman–Crippen MR) is 96.3 cm³/mol. The molecule has 1 aromatic carbocycles. The molecule has 1 amide bonds. The summed E-state index contributed by atoms with van der Waals surface area (Å²) in [5, 5.41) is 5.09. The molecule has 0 atom stereocenters. The lowest BCUT2D eigenvalue weighted by atomic mass is 10.1. The van der Waals surface area contributed by atoms with Crippen LogP contribution in [0.3, 0.4) is 0 Å². The molecule has 0 aliphatic carbocycles. The van der Waals surface area contributed by atoms with Crippen LogP contribution in [0.4, 0.5) is 0 Å². The molecule has 4 rings (SSSR count). The third-order valence-electron chi connectivity index (χ3n) is 4.75. The molecule has 1 aliphatic heterocycles. The van der Waals surface area contributed by atoms with Crippen molar-refractivity contribution >= 4 is 27.7 Å². The largest absolute Gasteiger partial charge is 0.357 e. The van der Waals surface area contributed by atoms with E-state index in [1.54, 1.807) is 0 Å². The number of carbonyl (C=O) groups is 1. The molecule has 0 saturated carbocycles. The minimum atomic E-state index is -0.0915. The summed E-state index contributed by atoms with van der Waals surface area (Å²) in [6, 6.07) is 10.1. The molecule has 3 aromatic rings. The number of pyridine rings is 1. The van der Waals surface area contributed by atoms with Gasteiger partial charge < -0.3 is 15.2 Å². The highest BCUT2D eigenvalue weighted by molar-refractivity contribution is 6.07. The quantitative estimate of drug-likeness (QED) is 0.776. The van der Waals surface area contributed by atoms with Crippen LogP contribution in [-0.2, 0) is 0 Å². The smallest absolute Gasteiger partial charge is 0.269 e. The Balaban J connectivity index is 1.54. The molecular weight excluding hydrogens is 300 g/mol. The summed E-state index contributed by atoms with van der Waals surface area (Å²) < 4.78 is 0. The van der Waals surface area contributed by atoms with Crippen LogP contribution in [0.2, 0.25) is 0 Å². The van der Waals surface area contributed by atoms with Crippen molar-refractivity contribution in [3.63, 3.8) is 0 Å². The standard InChI is InChI=1S/C19H22N4O/c1-13-4-5-14-6-7-15-12-16(22-18(15)17(14)21-13)19(24)20-8-11-23-9-2-3-10-23/h4-7,12,21H,2-3,8-11H2,1H3,(H,20,24). The second-order valence-electron chi connectivity index (χ2n) is 6.55. The topological polar surface area (TPSA) is 61.0 Å². The maximum absolute atomic E-state index is 12.4. The first-order valence-corrected chi connectivity index (χ1v) is 8.60. The number of hydrogen-bond donors (Lipinski definition) is 2. The first-order chi connectivity index (χ1) is 11.7. The maximum atomic E-state index is 12.4. The fraction of sp³-hybridized carbons (Fsp3) is 0.368. The minimum absolute atomic E-state index is 0.0915. The SMILES string of the molecule is Cc1ccc2ccc3cc(C(=O)NCCN4CCCC4)nc3c2[nH]1. The second-order valence-corrected chi connectivity index (χ2v) is 6.55. The lowest BCUT2D eigenvalue weighted by Crippen LogP contribution is -2.33. The molecule has 1 fully saturated rings. The van der Waals surface area contributed by atoms with Crippen LogP contribution in [0.15, 0.2) is 30.3 Å². The molecule has 3 heterocycles. The summed E-state index contributed by atoms with van der Waals surface area (Å²) >= 11 is 0. The number of nitrogens with zero attached hydrogens (tertiary/aromatic N) is 2. The van der Waals surface area contributed by atoms with Gasteiger partial charge in [-0.3, -0.25) is 4.79 Å². The summed E-state index contributed by atoms with van der Waals surface area (Å²) in [4.78, 5) is 22.7. The Morgan fingerprint density at radius 3 is 2.79 bits per heavy atom. The van der Waals surface area contributed by atoms with Crippen LogP contribution in [-0.4, -0.2) is 47.0 Å². The van der Waals surface area contributed by atoms with Crippen LogP contribution < -0.4 is 5.32 Å². The van der Waals surface area contributed by atoms with Crippen LogP contribution in [0.25, 0.3) is 21.8 Å². The van der Waals surface area contributed by atoms with Crippen LogP contribution >= 0.6 is 0 Å². The Morgan fingerprint density at radius 2 is 1.96 bits per heavy atom. The van der Waals surface area contributed by atoms with Gasteiger partial charge in [-0.1, -0.05) is 18.2 Å². The van der Waals surface area contributed by atoms with E-state index >= 15 is 0 Å². The molecular formula is C19H22N4O. The van der Waals surface area contributed by atoms with Gasteiger partial charge in [-0.05, 0) is 45.0 Å². The third kappa shape index (κ3) is 2.87. The Morgan fingerprint density at radius 1 is 1.21 bits per heavy atom. The maximum Gasteiger partial charge on any atom is 0.269 e. The number of likely N-dealkylation sites (tertiary alicyclic amines) is 1. The number of amides is 1. The van der Waals surface area contributed by atoms with Crippen LogP contribution in [0.5, 0.6) is 0 Å². The van der Waals surface area contributed by atoms with Gasteiger partial charge in [0.05, 0.1) is 11.0 Å². The van der Waals surface area contributed by atoms with E-state index in [-0.39, 0.29) is 5.91 Å². The van der Waals surface area contributed by atoms with E-state index in [1.807, 2.05) is 25.1 Å². The van der Waals surface area contributed by atoms with Gasteiger partial charge in [-0.2, -0.15) is 0 Å². The highest BCUT2D eigenvalue weighted by Gasteiger charge is 2.14. The minimum Gasteiger partial charge on any atom is -0.357 e. The van der Waals surface area contributed by atoms with Gasteiger partial charge in [0.15, 0.2) is 0 Å². The number of H-pyrrole nitrogens is 1. The average molecular weight is 322 g/mol. The molecule has 124 valence electrons. The Bertz CT molecular complexity index is 893. The van der Waals surface area contributed by atoms with Gasteiger partial charge in [0.25, 0.3) is 5.91 Å². The zero-order valence-corrected chi connectivity index (χ0v) is 13.9. The fourth-order valence-corrected chi connectivity index (χ4v) is 3.42. The highest BCUT2D eigenvalue weighted by Crippen LogP contribution is 2.24. The summed E-state index contributed by atoms with van der Waals surface area (Å²) in [7, 11) is 0. The Labute approximate surface area is 141 Å². The number of aromatic amines is 1. The van der Waals surface area contributed by atoms with Crippen LogP contribution in [0.1, 0.15) is 29.0 Å². The molecule has 0 bridgehead atoms. The van der Waals surface area contributed by atoms with Crippen LogP contribution in [0, 0.1) is 6.92 Å². The number of hydrogen-bond acceptors (Lipinski definition) is 3. The zero-order chi connectivity index (χ0) is 16.5. The predicted octanol–water partition coefficient (Wildman–Crippen LogP) is 2.85. The van der Waals surface area contributed by atoms with Crippen molar-refractivity contribution in [1.82, 2.24) is 20.2 Å². The average Bonchev–Trinajstić information content (AvgIpc) is 3.24. The number of benzene rings is 1. The molecule has 0 radical (unpaired) electrons. The summed E-state index contributed by atoms with van der Waals surface area (Å²) in [5.74, 6) is -0.0915. The van der Waals surface area contributed by atoms with Gasteiger partial charge in [-0.25, -0.2) is 4.98 Å². The van der Waals surface area contributed by atoms with Crippen molar-refractivity contribution in [2.75, 3.05) is 26.2 Å². The van der Waals surface area contributed by atoms with Crippen molar-refractivity contribution in [3.05, 3.63) is 41.7 Å². The van der Waals surface area contributed by atoms with Crippen molar-refractivity contribution in [2.24, 2.45) is 0 Å². The van der Waals surface area contributed by atoms with Gasteiger partial charge in [0.1, 0.15) is 5.69 Å². The number of aromatic nitrogens is 2. The zero-order valence-electron chi connectivity index (χ0n) is 13.9. The molecule has 0 spiro atoms. The van der Waals surface area contributed by atoms with Gasteiger partial charge in [-0.15, -0.1) is 0 Å². The molecule has 24 heavy (non-hydrogen) atoms. The molecule has 1 aliphatic rings. The van der Waals surface area contributed by atoms with Crippen molar-refractivity contribution in [2.45, 2.75) is 19.8 Å². The molecule has 5 heteroatoms. The highest BCUT2D eigenvalue weighted by atomic mass is 16.1. The van der Waals surface area contributed by atoms with E-state index in [1.165, 1.54) is 12.8 Å². The first kappa shape index (κ1) is 15.1. The first-order valence-electron chi connectivity index (χ1n) is 8.60. The third-order valence-corrected chi connectivity index (χ3v) is 4.75. The van der Waals surface area contributed by atoms with Gasteiger partial charge >= 0.3 is 0 Å². The second kappa shape index (κ2) is 6.24. The summed E-state index contributed by atoms with van der Waals surface area (Å²) in [6.07, 6.45) is 2.54. The number of fused-ring (bicyclic) bond motifs is 3. The summed E-state index contributed by atoms with van der Waals surface area (Å²) in [6.45, 7) is 5.91. The fourth-order valence-electron chi connectivity index (χ4n) is 3.42. The van der Waals surface area contributed by atoms with Crippen molar-refractivity contribution in [1.29, 1.82) is 0 Å². The Kier molecular flexibility index (Phi) is 3.94. The summed E-state index contributed by atoms with van der Waals surface area (Å²) in [5.41, 5.74) is 3.42. The lowest BCUT2D eigenvalue weighted by molar-refractivity contribution is 0.0945. The molecule has 1 saturated heterocycles. The van der Waals surface area contributed by atoms with E-state index in [0.717, 1.165) is 47.1 Å². The van der Waals surface area contributed by atoms with E-state index in [0.29, 0.717) is 12.2 Å². The van der Waals surface area contributed by atoms with Crippen molar-refractivity contribution in [3.8, 4) is 0 Å². The monoisotopic (exact) mass is 322 g/mol. The van der Waals surface area contributed by atoms with E-state index < -0.39 is 0 Å². The molecule has 2 aromatic heterocycles. The van der Waals surface area contributed by atoms with Gasteiger partial charge in [0, 0.05) is 29.6 Å². The van der Waals surface area contributed by atoms with E-state index in [2.05, 4.69) is 32.3 Å². The molecule has 5 nitrogen and oxygen atoms in total. The van der Waals surface area contributed by atoms with E-state index in [9.17, 15) is 4.79 Å². The van der Waals surface area contributed by atoms with E-state index in [4.69, 9.17) is 0 Å². The van der Waals surface area contributed by atoms with Crippen molar-refractivity contribution < 1.29 is 4.79 Å². The Hall–Kier alpha value is -2.40. The number of rotatable bonds is 4. The number of aryl methyl sites for hydroxylation is 1. The number of carbonyl (C=O) groups excluding carboxylic acids is 1.